The van der Waals surface area contributed by atoms with Crippen molar-refractivity contribution in [3.05, 3.63) is 42.5 Å². The van der Waals surface area contributed by atoms with E-state index in [1.54, 1.807) is 0 Å². The maximum absolute atomic E-state index is 11.9. The Kier molecular flexibility index (Phi) is 9.85. The van der Waals surface area contributed by atoms with Crippen LogP contribution in [0.25, 0.3) is 0 Å². The van der Waals surface area contributed by atoms with Crippen LogP contribution in [0, 0.1) is 0 Å². The van der Waals surface area contributed by atoms with Crippen LogP contribution >= 0.6 is 0 Å². The van der Waals surface area contributed by atoms with Crippen LogP contribution in [-0.2, 0) is 9.53 Å². The van der Waals surface area contributed by atoms with Crippen LogP contribution in [0.4, 0.5) is 0 Å². The molecule has 0 spiro atoms. The Morgan fingerprint density at radius 3 is 2.30 bits per heavy atom. The van der Waals surface area contributed by atoms with E-state index >= 15 is 0 Å². The highest BCUT2D eigenvalue weighted by molar-refractivity contribution is 5.88. The van der Waals surface area contributed by atoms with E-state index < -0.39 is 0 Å². The average molecular weight is 318 g/mol. The zero-order valence-electron chi connectivity index (χ0n) is 14.6. The van der Waals surface area contributed by atoms with Gasteiger partial charge in [-0.1, -0.05) is 70.2 Å². The van der Waals surface area contributed by atoms with Gasteiger partial charge in [0.25, 0.3) is 0 Å². The third-order valence-corrected chi connectivity index (χ3v) is 3.79. The van der Waals surface area contributed by atoms with Gasteiger partial charge in [0.1, 0.15) is 11.9 Å². The molecule has 0 bridgehead atoms. The molecule has 1 atom stereocenters. The second-order valence-electron chi connectivity index (χ2n) is 5.86. The van der Waals surface area contributed by atoms with Crippen molar-refractivity contribution in [3.8, 4) is 5.75 Å². The summed E-state index contributed by atoms with van der Waals surface area (Å²) in [5.41, 5.74) is 0.358. The minimum Gasteiger partial charge on any atom is -0.486 e. The molecule has 3 nitrogen and oxygen atoms in total. The molecule has 1 aromatic rings. The van der Waals surface area contributed by atoms with Crippen LogP contribution in [-0.4, -0.2) is 18.7 Å². The molecule has 3 heteroatoms. The number of ether oxygens (including phenoxy) is 2. The lowest BCUT2D eigenvalue weighted by Crippen LogP contribution is -2.22. The summed E-state index contributed by atoms with van der Waals surface area (Å²) in [6.45, 7) is 8.29. The smallest absolute Gasteiger partial charge is 0.337 e. The molecule has 0 saturated heterocycles. The van der Waals surface area contributed by atoms with Gasteiger partial charge < -0.3 is 9.47 Å². The molecule has 0 fully saturated rings. The average Bonchev–Trinajstić information content (AvgIpc) is 2.57. The topological polar surface area (TPSA) is 35.5 Å². The number of esters is 1. The van der Waals surface area contributed by atoms with Gasteiger partial charge in [-0.05, 0) is 25.5 Å². The molecule has 0 aliphatic rings. The Morgan fingerprint density at radius 2 is 1.65 bits per heavy atom. The lowest BCUT2D eigenvalue weighted by Gasteiger charge is -2.16. The first kappa shape index (κ1) is 19.3. The van der Waals surface area contributed by atoms with Gasteiger partial charge in [0, 0.05) is 0 Å². The van der Waals surface area contributed by atoms with E-state index in [0.29, 0.717) is 12.2 Å². The van der Waals surface area contributed by atoms with E-state index in [2.05, 4.69) is 13.5 Å². The van der Waals surface area contributed by atoms with Gasteiger partial charge in [-0.3, -0.25) is 0 Å². The Morgan fingerprint density at radius 1 is 1.04 bits per heavy atom. The summed E-state index contributed by atoms with van der Waals surface area (Å²) in [7, 11) is 0. The predicted octanol–water partition coefficient (Wildman–Crippen LogP) is 5.30. The van der Waals surface area contributed by atoms with E-state index in [1.807, 2.05) is 37.3 Å². The van der Waals surface area contributed by atoms with E-state index in [4.69, 9.17) is 9.47 Å². The number of hydrogen-bond acceptors (Lipinski definition) is 3. The predicted molar refractivity (Wildman–Crippen MR) is 94.6 cm³/mol. The molecular weight excluding hydrogens is 288 g/mol. The normalized spacial score (nSPS) is 11.7. The number of para-hydroxylation sites is 1. The number of unbranched alkanes of at least 4 members (excludes halogenated alkanes) is 6. The van der Waals surface area contributed by atoms with Gasteiger partial charge in [0.2, 0.25) is 0 Å². The molecule has 0 aromatic heterocycles. The van der Waals surface area contributed by atoms with Crippen molar-refractivity contribution in [2.75, 3.05) is 6.61 Å². The SMILES string of the molecule is C=C(C(=O)OCCCCCCCCC)C(C)Oc1ccccc1. The van der Waals surface area contributed by atoms with Crippen molar-refractivity contribution in [2.24, 2.45) is 0 Å². The highest BCUT2D eigenvalue weighted by Gasteiger charge is 2.17. The standard InChI is InChI=1S/C20H30O3/c1-4-5-6-7-8-9-13-16-22-20(21)17(2)18(3)23-19-14-11-10-12-15-19/h10-12,14-15,18H,2,4-9,13,16H2,1,3H3. The van der Waals surface area contributed by atoms with Gasteiger partial charge in [-0.2, -0.15) is 0 Å². The molecular formula is C20H30O3. The highest BCUT2D eigenvalue weighted by atomic mass is 16.5. The van der Waals surface area contributed by atoms with Crippen LogP contribution in [0.3, 0.4) is 0 Å². The first-order chi connectivity index (χ1) is 11.1. The Labute approximate surface area is 140 Å². The van der Waals surface area contributed by atoms with Crippen LogP contribution in [0.2, 0.25) is 0 Å². The fraction of sp³-hybridized carbons (Fsp3) is 0.550. The fourth-order valence-electron chi connectivity index (χ4n) is 2.26. The molecule has 0 amide bonds. The van der Waals surface area contributed by atoms with E-state index in [9.17, 15) is 4.79 Å². The highest BCUT2D eigenvalue weighted by Crippen LogP contribution is 2.15. The number of carbonyl (C=O) groups is 1. The third kappa shape index (κ3) is 8.44. The number of carbonyl (C=O) groups excluding carboxylic acids is 1. The van der Waals surface area contributed by atoms with E-state index in [1.165, 1.54) is 32.1 Å². The third-order valence-electron chi connectivity index (χ3n) is 3.79. The summed E-state index contributed by atoms with van der Waals surface area (Å²) in [6, 6.07) is 9.41. The number of benzene rings is 1. The minimum absolute atomic E-state index is 0.358. The zero-order valence-corrected chi connectivity index (χ0v) is 14.6. The van der Waals surface area contributed by atoms with Crippen molar-refractivity contribution in [2.45, 2.75) is 64.9 Å². The number of rotatable bonds is 12. The summed E-state index contributed by atoms with van der Waals surface area (Å²) in [6.07, 6.45) is 8.01. The van der Waals surface area contributed by atoms with E-state index in [0.717, 1.165) is 18.6 Å². The number of hydrogen-bond donors (Lipinski definition) is 0. The first-order valence-electron chi connectivity index (χ1n) is 8.72. The summed E-state index contributed by atoms with van der Waals surface area (Å²) in [5.74, 6) is 0.362. The maximum atomic E-state index is 11.9. The van der Waals surface area contributed by atoms with Crippen molar-refractivity contribution in [3.63, 3.8) is 0 Å². The van der Waals surface area contributed by atoms with Crippen molar-refractivity contribution >= 4 is 5.97 Å². The second kappa shape index (κ2) is 11.8. The van der Waals surface area contributed by atoms with Crippen LogP contribution in [0.5, 0.6) is 5.75 Å². The molecule has 0 saturated carbocycles. The maximum Gasteiger partial charge on any atom is 0.337 e. The Balaban J connectivity index is 2.15. The largest absolute Gasteiger partial charge is 0.486 e. The molecule has 128 valence electrons. The Hall–Kier alpha value is -1.77. The molecule has 0 heterocycles. The van der Waals surface area contributed by atoms with Crippen molar-refractivity contribution < 1.29 is 14.3 Å². The molecule has 1 aromatic carbocycles. The Bertz CT molecular complexity index is 453. The van der Waals surface area contributed by atoms with E-state index in [-0.39, 0.29) is 12.1 Å². The molecule has 0 aliphatic carbocycles. The zero-order chi connectivity index (χ0) is 16.9. The first-order valence-corrected chi connectivity index (χ1v) is 8.72. The molecule has 0 radical (unpaired) electrons. The van der Waals surface area contributed by atoms with Gasteiger partial charge in [-0.25, -0.2) is 4.79 Å². The summed E-state index contributed by atoms with van der Waals surface area (Å²) < 4.78 is 11.0. The molecule has 0 N–H and O–H groups in total. The fourth-order valence-corrected chi connectivity index (χ4v) is 2.26. The van der Waals surface area contributed by atoms with Crippen LogP contribution < -0.4 is 4.74 Å². The van der Waals surface area contributed by atoms with Gasteiger partial charge in [-0.15, -0.1) is 0 Å². The van der Waals surface area contributed by atoms with Gasteiger partial charge >= 0.3 is 5.97 Å². The minimum atomic E-state index is -0.390. The molecule has 0 aliphatic heterocycles. The van der Waals surface area contributed by atoms with Crippen LogP contribution in [0.1, 0.15) is 58.8 Å². The summed E-state index contributed by atoms with van der Waals surface area (Å²) in [4.78, 5) is 11.9. The summed E-state index contributed by atoms with van der Waals surface area (Å²) >= 11 is 0. The van der Waals surface area contributed by atoms with Crippen molar-refractivity contribution in [1.29, 1.82) is 0 Å². The molecule has 23 heavy (non-hydrogen) atoms. The second-order valence-corrected chi connectivity index (χ2v) is 5.86. The molecule has 1 unspecified atom stereocenters. The van der Waals surface area contributed by atoms with Crippen molar-refractivity contribution in [1.82, 2.24) is 0 Å². The summed E-state index contributed by atoms with van der Waals surface area (Å²) in [5, 5.41) is 0. The van der Waals surface area contributed by atoms with Gasteiger partial charge in [0.15, 0.2) is 0 Å². The lowest BCUT2D eigenvalue weighted by molar-refractivity contribution is -0.140. The van der Waals surface area contributed by atoms with Gasteiger partial charge in [0.05, 0.1) is 12.2 Å². The lowest BCUT2D eigenvalue weighted by atomic mass is 10.1. The quantitative estimate of drug-likeness (QED) is 0.298. The van der Waals surface area contributed by atoms with Crippen LogP contribution in [0.15, 0.2) is 42.5 Å². The molecule has 1 rings (SSSR count). The monoisotopic (exact) mass is 318 g/mol.